The summed E-state index contributed by atoms with van der Waals surface area (Å²) < 4.78 is 5.41. The summed E-state index contributed by atoms with van der Waals surface area (Å²) in [5, 5.41) is 3.59. The lowest BCUT2D eigenvalue weighted by Gasteiger charge is -2.38. The number of nitrogens with one attached hydrogen (secondary N) is 1. The lowest BCUT2D eigenvalue weighted by Crippen LogP contribution is -2.54. The van der Waals surface area contributed by atoms with E-state index in [1.165, 1.54) is 0 Å². The maximum atomic E-state index is 12.3. The third kappa shape index (κ3) is 4.88. The summed E-state index contributed by atoms with van der Waals surface area (Å²) in [6.45, 7) is 11.3. The zero-order valence-corrected chi connectivity index (χ0v) is 13.8. The fraction of sp³-hybridized carbons (Fsp3) is 0.929. The summed E-state index contributed by atoms with van der Waals surface area (Å²) in [5.74, 6) is 1.02. The molecule has 0 aromatic carbocycles. The number of carbonyl (C=O) groups is 1. The number of ether oxygens (including phenoxy) is 1. The quantitative estimate of drug-likeness (QED) is 0.865. The molecule has 1 aliphatic rings. The van der Waals surface area contributed by atoms with Crippen LogP contribution >= 0.6 is 11.8 Å². The van der Waals surface area contributed by atoms with Crippen LogP contribution in [0.2, 0.25) is 0 Å². The second kappa shape index (κ2) is 6.84. The summed E-state index contributed by atoms with van der Waals surface area (Å²) >= 11 is 1.94. The van der Waals surface area contributed by atoms with Gasteiger partial charge in [0.05, 0.1) is 5.60 Å². The molecule has 0 radical (unpaired) electrons. The molecule has 3 atom stereocenters. The maximum Gasteiger partial charge on any atom is 0.317 e. The highest BCUT2D eigenvalue weighted by atomic mass is 32.2. The van der Waals surface area contributed by atoms with Gasteiger partial charge in [-0.25, -0.2) is 4.79 Å². The van der Waals surface area contributed by atoms with Crippen LogP contribution in [0.3, 0.4) is 0 Å². The van der Waals surface area contributed by atoms with Crippen LogP contribution in [-0.2, 0) is 4.74 Å². The Labute approximate surface area is 121 Å². The van der Waals surface area contributed by atoms with Crippen LogP contribution in [0.25, 0.3) is 0 Å². The monoisotopic (exact) mass is 288 g/mol. The number of carbonyl (C=O) groups excluding carboxylic acids is 1. The number of nitrogens with zero attached hydrogens (tertiary/aromatic N) is 1. The molecule has 1 rings (SSSR count). The number of methoxy groups -OCH3 is 1. The van der Waals surface area contributed by atoms with Gasteiger partial charge in [0.2, 0.25) is 0 Å². The average Bonchev–Trinajstić information content (AvgIpc) is 2.31. The Morgan fingerprint density at radius 2 is 2.16 bits per heavy atom. The van der Waals surface area contributed by atoms with Crippen LogP contribution in [0.1, 0.15) is 41.0 Å². The number of hydrogen-bond donors (Lipinski definition) is 1. The van der Waals surface area contributed by atoms with Crippen LogP contribution < -0.4 is 5.32 Å². The van der Waals surface area contributed by atoms with Crippen molar-refractivity contribution in [2.24, 2.45) is 0 Å². The van der Waals surface area contributed by atoms with Gasteiger partial charge in [0.15, 0.2) is 0 Å². The van der Waals surface area contributed by atoms with Crippen molar-refractivity contribution in [3.05, 3.63) is 0 Å². The second-order valence-electron chi connectivity index (χ2n) is 6.03. The van der Waals surface area contributed by atoms with E-state index in [0.29, 0.717) is 11.3 Å². The SMILES string of the molecule is COC(C)(C)C[C@H](C)NC(=O)N1CCS[C@H](C)[C@@H]1C. The minimum Gasteiger partial charge on any atom is -0.379 e. The summed E-state index contributed by atoms with van der Waals surface area (Å²) in [6.07, 6.45) is 0.807. The Hall–Kier alpha value is -0.420. The Bertz CT molecular complexity index is 310. The molecule has 1 heterocycles. The Kier molecular flexibility index (Phi) is 5.99. The summed E-state index contributed by atoms with van der Waals surface area (Å²) in [6, 6.07) is 0.458. The summed E-state index contributed by atoms with van der Waals surface area (Å²) in [4.78, 5) is 14.3. The summed E-state index contributed by atoms with van der Waals surface area (Å²) in [5.41, 5.74) is -0.205. The van der Waals surface area contributed by atoms with E-state index < -0.39 is 0 Å². The van der Waals surface area contributed by atoms with Crippen LogP contribution in [0, 0.1) is 0 Å². The highest BCUT2D eigenvalue weighted by Gasteiger charge is 2.30. The zero-order valence-electron chi connectivity index (χ0n) is 13.0. The van der Waals surface area contributed by atoms with Crippen molar-refractivity contribution < 1.29 is 9.53 Å². The van der Waals surface area contributed by atoms with Crippen LogP contribution in [0.15, 0.2) is 0 Å². The fourth-order valence-electron chi connectivity index (χ4n) is 2.39. The number of thioether (sulfide) groups is 1. The van der Waals surface area contributed by atoms with Crippen molar-refractivity contribution in [2.45, 2.75) is 64.0 Å². The van der Waals surface area contributed by atoms with Crippen LogP contribution in [0.5, 0.6) is 0 Å². The molecule has 5 heteroatoms. The third-order valence-corrected chi connectivity index (χ3v) is 5.20. The van der Waals surface area contributed by atoms with E-state index >= 15 is 0 Å². The molecule has 0 spiro atoms. The van der Waals surface area contributed by atoms with Crippen LogP contribution in [0.4, 0.5) is 4.79 Å². The molecule has 2 amide bonds. The molecule has 0 bridgehead atoms. The van der Waals surface area contributed by atoms with E-state index in [1.807, 2.05) is 37.4 Å². The van der Waals surface area contributed by atoms with Crippen molar-refractivity contribution in [2.75, 3.05) is 19.4 Å². The predicted octanol–water partition coefficient (Wildman–Crippen LogP) is 2.73. The lowest BCUT2D eigenvalue weighted by molar-refractivity contribution is 0.00904. The van der Waals surface area contributed by atoms with Crippen molar-refractivity contribution in [3.63, 3.8) is 0 Å². The van der Waals surface area contributed by atoms with Gasteiger partial charge in [-0.2, -0.15) is 11.8 Å². The predicted molar refractivity (Wildman–Crippen MR) is 81.8 cm³/mol. The Morgan fingerprint density at radius 1 is 1.53 bits per heavy atom. The summed E-state index contributed by atoms with van der Waals surface area (Å²) in [7, 11) is 1.71. The van der Waals surface area contributed by atoms with Gasteiger partial charge >= 0.3 is 6.03 Å². The highest BCUT2D eigenvalue weighted by Crippen LogP contribution is 2.24. The average molecular weight is 288 g/mol. The fourth-order valence-corrected chi connectivity index (χ4v) is 3.48. The van der Waals surface area contributed by atoms with Gasteiger partial charge in [0, 0.05) is 36.7 Å². The van der Waals surface area contributed by atoms with E-state index in [9.17, 15) is 4.79 Å². The molecular weight excluding hydrogens is 260 g/mol. The topological polar surface area (TPSA) is 41.6 Å². The molecular formula is C14H28N2O2S. The van der Waals surface area contributed by atoms with Crippen molar-refractivity contribution in [3.8, 4) is 0 Å². The second-order valence-corrected chi connectivity index (χ2v) is 7.51. The molecule has 0 aromatic heterocycles. The van der Waals surface area contributed by atoms with Gasteiger partial charge in [-0.15, -0.1) is 0 Å². The Balaban J connectivity index is 2.50. The molecule has 112 valence electrons. The van der Waals surface area contributed by atoms with E-state index in [-0.39, 0.29) is 17.7 Å². The van der Waals surface area contributed by atoms with E-state index in [2.05, 4.69) is 19.2 Å². The molecule has 4 nitrogen and oxygen atoms in total. The highest BCUT2D eigenvalue weighted by molar-refractivity contribution is 8.00. The minimum atomic E-state index is -0.205. The zero-order chi connectivity index (χ0) is 14.6. The lowest BCUT2D eigenvalue weighted by atomic mass is 10.00. The van der Waals surface area contributed by atoms with Gasteiger partial charge in [-0.05, 0) is 34.1 Å². The van der Waals surface area contributed by atoms with Gasteiger partial charge < -0.3 is 15.0 Å². The maximum absolute atomic E-state index is 12.3. The third-order valence-electron chi connectivity index (χ3n) is 3.86. The first-order chi connectivity index (χ1) is 8.76. The van der Waals surface area contributed by atoms with Crippen LogP contribution in [-0.4, -0.2) is 53.3 Å². The largest absolute Gasteiger partial charge is 0.379 e. The van der Waals surface area contributed by atoms with E-state index in [1.54, 1.807) is 7.11 Å². The number of hydrogen-bond acceptors (Lipinski definition) is 3. The van der Waals surface area contributed by atoms with Gasteiger partial charge in [-0.3, -0.25) is 0 Å². The molecule has 19 heavy (non-hydrogen) atoms. The number of amides is 2. The van der Waals surface area contributed by atoms with Crippen molar-refractivity contribution in [1.82, 2.24) is 10.2 Å². The first-order valence-electron chi connectivity index (χ1n) is 7.00. The van der Waals surface area contributed by atoms with E-state index in [0.717, 1.165) is 18.7 Å². The number of urea groups is 1. The smallest absolute Gasteiger partial charge is 0.317 e. The van der Waals surface area contributed by atoms with Gasteiger partial charge in [0.25, 0.3) is 0 Å². The van der Waals surface area contributed by atoms with Crippen molar-refractivity contribution >= 4 is 17.8 Å². The molecule has 1 aliphatic heterocycles. The van der Waals surface area contributed by atoms with Crippen molar-refractivity contribution in [1.29, 1.82) is 0 Å². The number of rotatable bonds is 4. The first-order valence-corrected chi connectivity index (χ1v) is 8.05. The van der Waals surface area contributed by atoms with Gasteiger partial charge in [0.1, 0.15) is 0 Å². The van der Waals surface area contributed by atoms with Gasteiger partial charge in [-0.1, -0.05) is 6.92 Å². The molecule has 1 N–H and O–H groups in total. The Morgan fingerprint density at radius 3 is 2.74 bits per heavy atom. The first kappa shape index (κ1) is 16.6. The molecule has 1 saturated heterocycles. The minimum absolute atomic E-state index is 0.0547. The molecule has 1 fully saturated rings. The normalized spacial score (nSPS) is 26.1. The molecule has 0 unspecified atom stereocenters. The molecule has 0 aromatic rings. The molecule has 0 aliphatic carbocycles. The van der Waals surface area contributed by atoms with E-state index in [4.69, 9.17) is 4.74 Å². The standard InChI is InChI=1S/C14H28N2O2S/c1-10(9-14(4,5)18-6)15-13(17)16-7-8-19-12(3)11(16)2/h10-12H,7-9H2,1-6H3,(H,15,17)/t10-,11-,12+/m0/s1. The molecule has 0 saturated carbocycles.